The summed E-state index contributed by atoms with van der Waals surface area (Å²) < 4.78 is 5.45. The molecule has 1 amide bonds. The zero-order valence-electron chi connectivity index (χ0n) is 18.7. The van der Waals surface area contributed by atoms with Crippen molar-refractivity contribution < 1.29 is 9.53 Å². The summed E-state index contributed by atoms with van der Waals surface area (Å²) in [6, 6.07) is 21.3. The number of carbonyl (C=O) groups is 1. The first-order valence-corrected chi connectivity index (χ1v) is 11.9. The number of aryl methyl sites for hydroxylation is 1. The van der Waals surface area contributed by atoms with Crippen molar-refractivity contribution in [3.05, 3.63) is 82.7 Å². The highest BCUT2D eigenvalue weighted by Gasteiger charge is 2.18. The van der Waals surface area contributed by atoms with Crippen molar-refractivity contribution in [3.63, 3.8) is 0 Å². The van der Waals surface area contributed by atoms with Crippen LogP contribution in [0.1, 0.15) is 28.8 Å². The Bertz CT molecular complexity index is 1050. The van der Waals surface area contributed by atoms with Gasteiger partial charge in [0.25, 0.3) is 0 Å². The van der Waals surface area contributed by atoms with E-state index in [1.165, 1.54) is 21.6 Å². The number of hydrogen-bond donors (Lipinski definition) is 1. The lowest BCUT2D eigenvalue weighted by Gasteiger charge is -2.31. The summed E-state index contributed by atoms with van der Waals surface area (Å²) in [7, 11) is 2.17. The number of hydrogen-bond acceptors (Lipinski definition) is 4. The molecule has 1 N–H and O–H groups in total. The van der Waals surface area contributed by atoms with Gasteiger partial charge in [0.1, 0.15) is 0 Å². The third-order valence-corrected chi connectivity index (χ3v) is 6.93. The first-order chi connectivity index (χ1) is 15.6. The number of anilines is 1. The summed E-state index contributed by atoms with van der Waals surface area (Å²) in [6.45, 7) is 4.70. The zero-order chi connectivity index (χ0) is 22.3. The van der Waals surface area contributed by atoms with Crippen LogP contribution in [0.5, 0.6) is 0 Å². The van der Waals surface area contributed by atoms with Crippen molar-refractivity contribution in [1.29, 1.82) is 0 Å². The minimum Gasteiger partial charge on any atom is -0.381 e. The van der Waals surface area contributed by atoms with Gasteiger partial charge in [0.15, 0.2) is 0 Å². The lowest BCUT2D eigenvalue weighted by Crippen LogP contribution is -2.36. The number of ether oxygens (including phenoxy) is 1. The first kappa shape index (κ1) is 22.5. The van der Waals surface area contributed by atoms with E-state index in [0.29, 0.717) is 6.04 Å². The molecule has 0 saturated carbocycles. The minimum absolute atomic E-state index is 0.123. The molecule has 1 aromatic heterocycles. The maximum absolute atomic E-state index is 12.4. The lowest BCUT2D eigenvalue weighted by atomic mass is 10.1. The van der Waals surface area contributed by atoms with E-state index < -0.39 is 0 Å². The van der Waals surface area contributed by atoms with E-state index in [-0.39, 0.29) is 5.91 Å². The van der Waals surface area contributed by atoms with E-state index in [4.69, 9.17) is 4.74 Å². The van der Waals surface area contributed by atoms with Crippen LogP contribution in [0.15, 0.2) is 66.7 Å². The van der Waals surface area contributed by atoms with E-state index >= 15 is 0 Å². The Labute approximate surface area is 194 Å². The highest BCUT2D eigenvalue weighted by Crippen LogP contribution is 2.29. The summed E-state index contributed by atoms with van der Waals surface area (Å²) in [6.07, 6.45) is 5.65. The number of carbonyl (C=O) groups excluding carboxylic acids is 1. The fourth-order valence-corrected chi connectivity index (χ4v) is 4.81. The molecule has 3 aromatic rings. The SMILES string of the molecule is Cc1ccc(-c2ccc(C=CC(=O)Nc3ccc(CN(C)C4CCOCC4)cc3)s2)cc1. The Kier molecular flexibility index (Phi) is 7.53. The molecule has 5 heteroatoms. The van der Waals surface area contributed by atoms with Gasteiger partial charge in [-0.05, 0) is 68.3 Å². The Morgan fingerprint density at radius 2 is 1.78 bits per heavy atom. The topological polar surface area (TPSA) is 41.6 Å². The highest BCUT2D eigenvalue weighted by molar-refractivity contribution is 7.16. The Morgan fingerprint density at radius 1 is 1.06 bits per heavy atom. The van der Waals surface area contributed by atoms with Crippen LogP contribution in [-0.2, 0) is 16.1 Å². The van der Waals surface area contributed by atoms with Crippen molar-refractivity contribution in [2.75, 3.05) is 25.6 Å². The standard InChI is InChI=1S/C27H30N2O2S/c1-20-3-7-22(8-4-20)26-13-11-25(32-26)12-14-27(30)28-23-9-5-21(6-10-23)19-29(2)24-15-17-31-18-16-24/h3-14,24H,15-19H2,1-2H3,(H,28,30). The second-order valence-electron chi connectivity index (χ2n) is 8.35. The molecule has 4 rings (SSSR count). The fraction of sp³-hybridized carbons (Fsp3) is 0.296. The van der Waals surface area contributed by atoms with Crippen molar-refractivity contribution in [3.8, 4) is 10.4 Å². The molecular formula is C27H30N2O2S. The van der Waals surface area contributed by atoms with E-state index in [1.54, 1.807) is 17.4 Å². The monoisotopic (exact) mass is 446 g/mol. The number of thiophene rings is 1. The molecule has 1 aliphatic rings. The summed E-state index contributed by atoms with van der Waals surface area (Å²) in [5, 5.41) is 2.95. The van der Waals surface area contributed by atoms with E-state index in [1.807, 2.05) is 24.3 Å². The summed E-state index contributed by atoms with van der Waals surface area (Å²) >= 11 is 1.68. The second-order valence-corrected chi connectivity index (χ2v) is 9.46. The molecule has 4 nitrogen and oxygen atoms in total. The van der Waals surface area contributed by atoms with Crippen LogP contribution in [0.3, 0.4) is 0 Å². The maximum Gasteiger partial charge on any atom is 0.248 e. The fourth-order valence-electron chi connectivity index (χ4n) is 3.89. The molecule has 166 valence electrons. The van der Waals surface area contributed by atoms with Crippen molar-refractivity contribution in [2.45, 2.75) is 32.4 Å². The largest absolute Gasteiger partial charge is 0.381 e. The van der Waals surface area contributed by atoms with Gasteiger partial charge in [-0.1, -0.05) is 42.0 Å². The van der Waals surface area contributed by atoms with E-state index in [9.17, 15) is 4.79 Å². The zero-order valence-corrected chi connectivity index (χ0v) is 19.5. The Hall–Kier alpha value is -2.73. The van der Waals surface area contributed by atoms with Gasteiger partial charge < -0.3 is 10.1 Å². The molecule has 0 unspecified atom stereocenters. The van der Waals surface area contributed by atoms with E-state index in [0.717, 1.165) is 43.2 Å². The Balaban J connectivity index is 1.29. The highest BCUT2D eigenvalue weighted by atomic mass is 32.1. The van der Waals surface area contributed by atoms with Crippen LogP contribution in [0.4, 0.5) is 5.69 Å². The third kappa shape index (κ3) is 6.16. The molecule has 0 aliphatic carbocycles. The van der Waals surface area contributed by atoms with Gasteiger partial charge in [-0.3, -0.25) is 9.69 Å². The molecule has 0 spiro atoms. The molecular weight excluding hydrogens is 416 g/mol. The minimum atomic E-state index is -0.123. The van der Waals surface area contributed by atoms with Crippen LogP contribution in [0.2, 0.25) is 0 Å². The number of rotatable bonds is 7. The van der Waals surface area contributed by atoms with Gasteiger partial charge >= 0.3 is 0 Å². The number of benzene rings is 2. The predicted molar refractivity (Wildman–Crippen MR) is 134 cm³/mol. The van der Waals surface area contributed by atoms with Gasteiger partial charge in [-0.15, -0.1) is 11.3 Å². The molecule has 0 radical (unpaired) electrons. The van der Waals surface area contributed by atoms with Crippen LogP contribution < -0.4 is 5.32 Å². The molecule has 1 fully saturated rings. The molecule has 2 heterocycles. The predicted octanol–water partition coefficient (Wildman–Crippen LogP) is 5.99. The molecule has 0 bridgehead atoms. The van der Waals surface area contributed by atoms with Gasteiger partial charge in [-0.2, -0.15) is 0 Å². The molecule has 2 aromatic carbocycles. The second kappa shape index (κ2) is 10.7. The average Bonchev–Trinajstić information content (AvgIpc) is 3.29. The number of nitrogens with one attached hydrogen (secondary N) is 1. The van der Waals surface area contributed by atoms with Gasteiger partial charge in [-0.25, -0.2) is 0 Å². The third-order valence-electron chi connectivity index (χ3n) is 5.83. The van der Waals surface area contributed by atoms with Crippen molar-refractivity contribution in [2.24, 2.45) is 0 Å². The molecule has 1 aliphatic heterocycles. The summed E-state index contributed by atoms with van der Waals surface area (Å²) in [4.78, 5) is 17.0. The molecule has 0 atom stereocenters. The lowest BCUT2D eigenvalue weighted by molar-refractivity contribution is -0.111. The maximum atomic E-state index is 12.4. The average molecular weight is 447 g/mol. The molecule has 32 heavy (non-hydrogen) atoms. The van der Waals surface area contributed by atoms with Crippen LogP contribution in [0, 0.1) is 6.92 Å². The van der Waals surface area contributed by atoms with Gasteiger partial charge in [0, 0.05) is 47.3 Å². The van der Waals surface area contributed by atoms with Crippen molar-refractivity contribution >= 4 is 29.0 Å². The number of nitrogens with zero attached hydrogens (tertiary/aromatic N) is 1. The van der Waals surface area contributed by atoms with Crippen LogP contribution in [-0.4, -0.2) is 37.1 Å². The normalized spacial score (nSPS) is 14.8. The van der Waals surface area contributed by atoms with Crippen molar-refractivity contribution in [1.82, 2.24) is 4.90 Å². The van der Waals surface area contributed by atoms with Crippen LogP contribution in [0.25, 0.3) is 16.5 Å². The first-order valence-electron chi connectivity index (χ1n) is 11.1. The van der Waals surface area contributed by atoms with E-state index in [2.05, 4.69) is 66.7 Å². The smallest absolute Gasteiger partial charge is 0.248 e. The van der Waals surface area contributed by atoms with Gasteiger partial charge in [0.2, 0.25) is 5.91 Å². The number of amides is 1. The molecule has 1 saturated heterocycles. The van der Waals surface area contributed by atoms with Crippen LogP contribution >= 0.6 is 11.3 Å². The summed E-state index contributed by atoms with van der Waals surface area (Å²) in [5.41, 5.74) is 4.51. The van der Waals surface area contributed by atoms with Gasteiger partial charge in [0.05, 0.1) is 0 Å². The Morgan fingerprint density at radius 3 is 2.50 bits per heavy atom. The quantitative estimate of drug-likeness (QED) is 0.454. The summed E-state index contributed by atoms with van der Waals surface area (Å²) in [5.74, 6) is -0.123.